The molecular formula is C20H21BrN2O3S. The van der Waals surface area contributed by atoms with Gasteiger partial charge in [0.25, 0.3) is 0 Å². The number of hydrogen-bond donors (Lipinski definition) is 0. The lowest BCUT2D eigenvalue weighted by atomic mass is 10.2. The molecule has 0 N–H and O–H groups in total. The fourth-order valence-corrected chi connectivity index (χ4v) is 5.68. The van der Waals surface area contributed by atoms with Gasteiger partial charge in [0, 0.05) is 36.2 Å². The summed E-state index contributed by atoms with van der Waals surface area (Å²) in [5.74, 6) is 0.234. The van der Waals surface area contributed by atoms with Crippen molar-refractivity contribution in [3.05, 3.63) is 58.1 Å². The van der Waals surface area contributed by atoms with Gasteiger partial charge in [0.1, 0.15) is 0 Å². The number of anilines is 1. The second kappa shape index (κ2) is 7.04. The van der Waals surface area contributed by atoms with Gasteiger partial charge in [-0.05, 0) is 58.5 Å². The first-order valence-electron chi connectivity index (χ1n) is 9.02. The van der Waals surface area contributed by atoms with Crippen molar-refractivity contribution in [2.24, 2.45) is 5.92 Å². The van der Waals surface area contributed by atoms with Crippen LogP contribution in [0.25, 0.3) is 0 Å². The van der Waals surface area contributed by atoms with Crippen LogP contribution in [-0.2, 0) is 27.8 Å². The Bertz CT molecular complexity index is 988. The van der Waals surface area contributed by atoms with E-state index >= 15 is 0 Å². The van der Waals surface area contributed by atoms with Crippen molar-refractivity contribution in [1.29, 1.82) is 0 Å². The molecule has 1 saturated carbocycles. The van der Waals surface area contributed by atoms with Crippen molar-refractivity contribution < 1.29 is 13.2 Å². The first-order chi connectivity index (χ1) is 12.9. The predicted octanol–water partition coefficient (Wildman–Crippen LogP) is 3.57. The average molecular weight is 449 g/mol. The summed E-state index contributed by atoms with van der Waals surface area (Å²) in [5.41, 5.74) is 2.67. The van der Waals surface area contributed by atoms with Crippen LogP contribution in [0, 0.1) is 5.92 Å². The standard InChI is InChI=1S/C20H21BrN2O3S/c1-22(13-14-5-3-2-4-6-14)27(25,26)19-12-18-16(11-17(19)21)9-10-23(18)20(24)15-7-8-15/h2-6,11-12,15H,7-10,13H2,1H3. The summed E-state index contributed by atoms with van der Waals surface area (Å²) in [6.07, 6.45) is 2.63. The van der Waals surface area contributed by atoms with Crippen LogP contribution in [-0.4, -0.2) is 32.2 Å². The number of halogens is 1. The molecule has 2 aliphatic rings. The molecule has 1 heterocycles. The number of rotatable bonds is 5. The first kappa shape index (κ1) is 18.7. The zero-order valence-electron chi connectivity index (χ0n) is 15.1. The summed E-state index contributed by atoms with van der Waals surface area (Å²) >= 11 is 3.43. The van der Waals surface area contributed by atoms with Crippen LogP contribution in [0.1, 0.15) is 24.0 Å². The third-order valence-electron chi connectivity index (χ3n) is 5.16. The number of carbonyl (C=O) groups is 1. The molecule has 0 aromatic heterocycles. The molecule has 0 unspecified atom stereocenters. The number of amides is 1. The maximum atomic E-state index is 13.2. The normalized spacial score (nSPS) is 16.6. The van der Waals surface area contributed by atoms with Crippen LogP contribution in [0.5, 0.6) is 0 Å². The highest BCUT2D eigenvalue weighted by atomic mass is 79.9. The number of fused-ring (bicyclic) bond motifs is 1. The second-order valence-electron chi connectivity index (χ2n) is 7.17. The van der Waals surface area contributed by atoms with Gasteiger partial charge in [-0.1, -0.05) is 30.3 Å². The predicted molar refractivity (Wildman–Crippen MR) is 108 cm³/mol. The quantitative estimate of drug-likeness (QED) is 0.702. The molecule has 2 aromatic rings. The van der Waals surface area contributed by atoms with E-state index in [9.17, 15) is 13.2 Å². The van der Waals surface area contributed by atoms with Gasteiger partial charge in [0.15, 0.2) is 0 Å². The molecule has 0 spiro atoms. The maximum Gasteiger partial charge on any atom is 0.244 e. The fraction of sp³-hybridized carbons (Fsp3) is 0.350. The van der Waals surface area contributed by atoms with Gasteiger partial charge in [-0.25, -0.2) is 8.42 Å². The smallest absolute Gasteiger partial charge is 0.244 e. The summed E-state index contributed by atoms with van der Waals surface area (Å²) in [6.45, 7) is 0.915. The van der Waals surface area contributed by atoms with Crippen LogP contribution in [0.3, 0.4) is 0 Å². The average Bonchev–Trinajstić information content (AvgIpc) is 3.41. The zero-order chi connectivity index (χ0) is 19.2. The minimum atomic E-state index is -3.69. The zero-order valence-corrected chi connectivity index (χ0v) is 17.5. The van der Waals surface area contributed by atoms with Crippen LogP contribution in [0.4, 0.5) is 5.69 Å². The Morgan fingerprint density at radius 3 is 2.59 bits per heavy atom. The lowest BCUT2D eigenvalue weighted by molar-refractivity contribution is -0.119. The third-order valence-corrected chi connectivity index (χ3v) is 7.92. The summed E-state index contributed by atoms with van der Waals surface area (Å²) < 4.78 is 28.2. The Balaban J connectivity index is 1.66. The molecule has 1 aliphatic carbocycles. The lowest BCUT2D eigenvalue weighted by Crippen LogP contribution is -2.31. The molecule has 0 atom stereocenters. The number of sulfonamides is 1. The first-order valence-corrected chi connectivity index (χ1v) is 11.3. The van der Waals surface area contributed by atoms with Crippen LogP contribution in [0.2, 0.25) is 0 Å². The van der Waals surface area contributed by atoms with Crippen molar-refractivity contribution in [2.45, 2.75) is 30.7 Å². The molecule has 1 fully saturated rings. The number of carbonyl (C=O) groups excluding carboxylic acids is 1. The van der Waals surface area contributed by atoms with Gasteiger partial charge in [0.05, 0.1) is 4.90 Å². The fourth-order valence-electron chi connectivity index (χ4n) is 3.46. The van der Waals surface area contributed by atoms with E-state index in [2.05, 4.69) is 15.9 Å². The third kappa shape index (κ3) is 3.56. The van der Waals surface area contributed by atoms with Crippen molar-refractivity contribution in [3.63, 3.8) is 0 Å². The van der Waals surface area contributed by atoms with Crippen molar-refractivity contribution in [2.75, 3.05) is 18.5 Å². The maximum absolute atomic E-state index is 13.2. The number of hydrogen-bond acceptors (Lipinski definition) is 3. The highest BCUT2D eigenvalue weighted by molar-refractivity contribution is 9.10. The van der Waals surface area contributed by atoms with E-state index in [0.29, 0.717) is 11.0 Å². The highest BCUT2D eigenvalue weighted by Gasteiger charge is 2.37. The van der Waals surface area contributed by atoms with Gasteiger partial charge in [-0.3, -0.25) is 4.79 Å². The second-order valence-corrected chi connectivity index (χ2v) is 10.0. The topological polar surface area (TPSA) is 57.7 Å². The van der Waals surface area contributed by atoms with Crippen molar-refractivity contribution >= 4 is 37.5 Å². The Kier molecular flexibility index (Phi) is 4.86. The monoisotopic (exact) mass is 448 g/mol. The van der Waals surface area contributed by atoms with E-state index in [4.69, 9.17) is 0 Å². The molecular weight excluding hydrogens is 428 g/mol. The van der Waals surface area contributed by atoms with Crippen LogP contribution in [0.15, 0.2) is 51.8 Å². The van der Waals surface area contributed by atoms with E-state index in [1.807, 2.05) is 36.4 Å². The Hall–Kier alpha value is -1.70. The van der Waals surface area contributed by atoms with Crippen molar-refractivity contribution in [1.82, 2.24) is 4.31 Å². The summed E-state index contributed by atoms with van der Waals surface area (Å²) in [6, 6.07) is 13.0. The molecule has 0 bridgehead atoms. The van der Waals surface area contributed by atoms with E-state index in [1.165, 1.54) is 4.31 Å². The molecule has 142 valence electrons. The molecule has 5 nitrogen and oxygen atoms in total. The lowest BCUT2D eigenvalue weighted by Gasteiger charge is -2.21. The molecule has 4 rings (SSSR count). The summed E-state index contributed by atoms with van der Waals surface area (Å²) in [5, 5.41) is 0. The van der Waals surface area contributed by atoms with E-state index in [0.717, 1.165) is 36.1 Å². The molecule has 0 saturated heterocycles. The Morgan fingerprint density at radius 2 is 1.93 bits per heavy atom. The molecule has 1 amide bonds. The Morgan fingerprint density at radius 1 is 1.22 bits per heavy atom. The van der Waals surface area contributed by atoms with Crippen LogP contribution < -0.4 is 4.90 Å². The SMILES string of the molecule is CN(Cc1ccccc1)S(=O)(=O)c1cc2c(cc1Br)CCN2C(=O)C1CC1. The summed E-state index contributed by atoms with van der Waals surface area (Å²) in [7, 11) is -2.12. The molecule has 27 heavy (non-hydrogen) atoms. The number of benzene rings is 2. The van der Waals surface area contributed by atoms with Gasteiger partial charge in [-0.2, -0.15) is 4.31 Å². The number of nitrogens with zero attached hydrogens (tertiary/aromatic N) is 2. The minimum absolute atomic E-state index is 0.111. The molecule has 7 heteroatoms. The van der Waals surface area contributed by atoms with E-state index < -0.39 is 10.0 Å². The van der Waals surface area contributed by atoms with E-state index in [-0.39, 0.29) is 23.3 Å². The highest BCUT2D eigenvalue weighted by Crippen LogP contribution is 2.40. The van der Waals surface area contributed by atoms with Gasteiger partial charge in [-0.15, -0.1) is 0 Å². The van der Waals surface area contributed by atoms with Crippen molar-refractivity contribution in [3.8, 4) is 0 Å². The molecule has 1 aliphatic heterocycles. The molecule has 2 aromatic carbocycles. The molecule has 0 radical (unpaired) electrons. The summed E-state index contributed by atoms with van der Waals surface area (Å²) in [4.78, 5) is 14.5. The minimum Gasteiger partial charge on any atom is -0.312 e. The van der Waals surface area contributed by atoms with Gasteiger partial charge >= 0.3 is 0 Å². The van der Waals surface area contributed by atoms with Crippen LogP contribution >= 0.6 is 15.9 Å². The van der Waals surface area contributed by atoms with Gasteiger partial charge < -0.3 is 4.90 Å². The van der Waals surface area contributed by atoms with E-state index in [1.54, 1.807) is 18.0 Å². The largest absolute Gasteiger partial charge is 0.312 e. The van der Waals surface area contributed by atoms with Gasteiger partial charge in [0.2, 0.25) is 15.9 Å². The Labute approximate surface area is 168 Å².